The highest BCUT2D eigenvalue weighted by Gasteiger charge is 2.13. The maximum absolute atomic E-state index is 13.2. The van der Waals surface area contributed by atoms with Crippen molar-refractivity contribution in [3.05, 3.63) is 76.1 Å². The number of hydrogen-bond donors (Lipinski definition) is 0. The van der Waals surface area contributed by atoms with E-state index in [4.69, 9.17) is 0 Å². The Morgan fingerprint density at radius 3 is 2.76 bits per heavy atom. The molecular formula is C19H18FN3O2. The third kappa shape index (κ3) is 3.57. The van der Waals surface area contributed by atoms with Crippen molar-refractivity contribution >= 4 is 16.8 Å². The van der Waals surface area contributed by atoms with Crippen LogP contribution in [0.1, 0.15) is 11.1 Å². The maximum atomic E-state index is 13.2. The van der Waals surface area contributed by atoms with E-state index >= 15 is 0 Å². The lowest BCUT2D eigenvalue weighted by Gasteiger charge is -2.19. The monoisotopic (exact) mass is 339 g/mol. The third-order valence-electron chi connectivity index (χ3n) is 4.19. The summed E-state index contributed by atoms with van der Waals surface area (Å²) in [5.74, 6) is -0.653. The topological polar surface area (TPSA) is 55.2 Å². The van der Waals surface area contributed by atoms with Crippen molar-refractivity contribution < 1.29 is 9.18 Å². The molecule has 0 fully saturated rings. The summed E-state index contributed by atoms with van der Waals surface area (Å²) in [5, 5.41) is 0.290. The van der Waals surface area contributed by atoms with Crippen molar-refractivity contribution in [1.29, 1.82) is 0 Å². The van der Waals surface area contributed by atoms with Gasteiger partial charge >= 0.3 is 0 Å². The molecule has 0 saturated heterocycles. The first-order valence-electron chi connectivity index (χ1n) is 7.89. The lowest BCUT2D eigenvalue weighted by atomic mass is 10.1. The van der Waals surface area contributed by atoms with E-state index in [0.717, 1.165) is 11.1 Å². The lowest BCUT2D eigenvalue weighted by Crippen LogP contribution is -2.33. The first-order valence-corrected chi connectivity index (χ1v) is 7.89. The summed E-state index contributed by atoms with van der Waals surface area (Å²) in [7, 11) is 1.70. The van der Waals surface area contributed by atoms with Crippen molar-refractivity contribution in [2.45, 2.75) is 20.0 Å². The molecule has 0 bridgehead atoms. The van der Waals surface area contributed by atoms with Gasteiger partial charge in [0.15, 0.2) is 0 Å². The van der Waals surface area contributed by atoms with Crippen LogP contribution in [0.2, 0.25) is 0 Å². The smallest absolute Gasteiger partial charge is 0.261 e. The minimum absolute atomic E-state index is 0.110. The van der Waals surface area contributed by atoms with Gasteiger partial charge in [-0.15, -0.1) is 0 Å². The predicted octanol–water partition coefficient (Wildman–Crippen LogP) is 2.50. The van der Waals surface area contributed by atoms with Crippen molar-refractivity contribution in [3.8, 4) is 0 Å². The molecule has 0 aliphatic rings. The molecule has 1 heterocycles. The van der Waals surface area contributed by atoms with Crippen LogP contribution >= 0.6 is 0 Å². The second-order valence-electron chi connectivity index (χ2n) is 6.02. The van der Waals surface area contributed by atoms with Gasteiger partial charge in [-0.1, -0.05) is 24.3 Å². The van der Waals surface area contributed by atoms with Crippen molar-refractivity contribution in [1.82, 2.24) is 14.5 Å². The molecule has 0 spiro atoms. The fourth-order valence-corrected chi connectivity index (χ4v) is 2.64. The van der Waals surface area contributed by atoms with Crippen molar-refractivity contribution in [2.24, 2.45) is 0 Å². The maximum Gasteiger partial charge on any atom is 0.261 e. The van der Waals surface area contributed by atoms with Crippen LogP contribution in [0.5, 0.6) is 0 Å². The molecule has 0 saturated carbocycles. The number of fused-ring (bicyclic) bond motifs is 1. The average molecular weight is 339 g/mol. The van der Waals surface area contributed by atoms with Gasteiger partial charge in [0, 0.05) is 19.7 Å². The second kappa shape index (κ2) is 6.84. The molecule has 0 aliphatic carbocycles. The second-order valence-corrected chi connectivity index (χ2v) is 6.02. The Balaban J connectivity index is 1.80. The van der Waals surface area contributed by atoms with E-state index in [1.54, 1.807) is 11.9 Å². The normalized spacial score (nSPS) is 10.8. The Kier molecular flexibility index (Phi) is 4.61. The highest BCUT2D eigenvalue weighted by molar-refractivity contribution is 5.79. The standard InChI is InChI=1S/C19H18FN3O2/c1-13-5-3-4-6-14(13)10-22(2)18(24)11-23-12-21-17-9-15(20)7-8-16(17)19(23)25/h3-9,12H,10-11H2,1-2H3. The first-order chi connectivity index (χ1) is 12.0. The summed E-state index contributed by atoms with van der Waals surface area (Å²) in [6.07, 6.45) is 1.28. The van der Waals surface area contributed by atoms with Gasteiger partial charge in [0.2, 0.25) is 5.91 Å². The molecule has 128 valence electrons. The number of nitrogens with zero attached hydrogens (tertiary/aromatic N) is 3. The van der Waals surface area contributed by atoms with Gasteiger partial charge < -0.3 is 4.90 Å². The number of likely N-dealkylation sites (N-methyl/N-ethyl adjacent to an activating group) is 1. The van der Waals surface area contributed by atoms with Gasteiger partial charge in [-0.3, -0.25) is 14.2 Å². The van der Waals surface area contributed by atoms with Crippen molar-refractivity contribution in [3.63, 3.8) is 0 Å². The van der Waals surface area contributed by atoms with Crippen LogP contribution in [0.3, 0.4) is 0 Å². The Bertz CT molecular complexity index is 997. The molecule has 2 aromatic carbocycles. The first kappa shape index (κ1) is 16.8. The molecule has 1 amide bonds. The van der Waals surface area contributed by atoms with Gasteiger partial charge in [0.1, 0.15) is 12.4 Å². The summed E-state index contributed by atoms with van der Waals surface area (Å²) in [6.45, 7) is 2.35. The summed E-state index contributed by atoms with van der Waals surface area (Å²) in [6, 6.07) is 11.6. The zero-order chi connectivity index (χ0) is 18.0. The molecule has 25 heavy (non-hydrogen) atoms. The third-order valence-corrected chi connectivity index (χ3v) is 4.19. The molecule has 1 aromatic heterocycles. The summed E-state index contributed by atoms with van der Waals surface area (Å²) in [5.41, 5.74) is 2.08. The molecule has 0 unspecified atom stereocenters. The molecule has 0 radical (unpaired) electrons. The van der Waals surface area contributed by atoms with Gasteiger partial charge in [-0.2, -0.15) is 0 Å². The molecule has 6 heteroatoms. The van der Waals surface area contributed by atoms with Crippen LogP contribution in [-0.2, 0) is 17.9 Å². The molecule has 0 aliphatic heterocycles. The van der Waals surface area contributed by atoms with E-state index in [1.807, 2.05) is 31.2 Å². The number of rotatable bonds is 4. The van der Waals surface area contributed by atoms with Gasteiger partial charge in [-0.05, 0) is 30.2 Å². The Morgan fingerprint density at radius 1 is 1.24 bits per heavy atom. The molecule has 0 atom stereocenters. The zero-order valence-corrected chi connectivity index (χ0v) is 14.1. The Hall–Kier alpha value is -3.02. The van der Waals surface area contributed by atoms with E-state index in [2.05, 4.69) is 4.98 Å². The summed E-state index contributed by atoms with van der Waals surface area (Å²) < 4.78 is 14.5. The van der Waals surface area contributed by atoms with Crippen LogP contribution < -0.4 is 5.56 Å². The largest absolute Gasteiger partial charge is 0.340 e. The van der Waals surface area contributed by atoms with Crippen LogP contribution in [0, 0.1) is 12.7 Å². The number of aromatic nitrogens is 2. The Morgan fingerprint density at radius 2 is 2.00 bits per heavy atom. The predicted molar refractivity (Wildman–Crippen MR) is 93.6 cm³/mol. The average Bonchev–Trinajstić information content (AvgIpc) is 2.59. The number of benzene rings is 2. The molecule has 5 nitrogen and oxygen atoms in total. The van der Waals surface area contributed by atoms with Crippen LogP contribution in [0.15, 0.2) is 53.6 Å². The van der Waals surface area contributed by atoms with Gasteiger partial charge in [0.05, 0.1) is 17.2 Å². The fourth-order valence-electron chi connectivity index (χ4n) is 2.64. The quantitative estimate of drug-likeness (QED) is 0.734. The van der Waals surface area contributed by atoms with Crippen LogP contribution in [0.4, 0.5) is 4.39 Å². The lowest BCUT2D eigenvalue weighted by molar-refractivity contribution is -0.131. The summed E-state index contributed by atoms with van der Waals surface area (Å²) in [4.78, 5) is 30.5. The fraction of sp³-hybridized carbons (Fsp3) is 0.211. The number of carbonyl (C=O) groups is 1. The number of hydrogen-bond acceptors (Lipinski definition) is 3. The zero-order valence-electron chi connectivity index (χ0n) is 14.1. The highest BCUT2D eigenvalue weighted by Crippen LogP contribution is 2.11. The van der Waals surface area contributed by atoms with Crippen LogP contribution in [-0.4, -0.2) is 27.4 Å². The SMILES string of the molecule is Cc1ccccc1CN(C)C(=O)Cn1cnc2cc(F)ccc2c1=O. The minimum atomic E-state index is -0.453. The number of aryl methyl sites for hydroxylation is 1. The molecule has 3 rings (SSSR count). The highest BCUT2D eigenvalue weighted by atomic mass is 19.1. The number of amides is 1. The number of carbonyl (C=O) groups excluding carboxylic acids is 1. The Labute approximate surface area is 144 Å². The molecule has 0 N–H and O–H groups in total. The number of halogens is 1. The molecule has 3 aromatic rings. The van der Waals surface area contributed by atoms with Crippen molar-refractivity contribution in [2.75, 3.05) is 7.05 Å². The van der Waals surface area contributed by atoms with E-state index in [1.165, 1.54) is 29.1 Å². The van der Waals surface area contributed by atoms with E-state index in [9.17, 15) is 14.0 Å². The van der Waals surface area contributed by atoms with Crippen LogP contribution in [0.25, 0.3) is 10.9 Å². The van der Waals surface area contributed by atoms with E-state index in [-0.39, 0.29) is 23.5 Å². The molecular weight excluding hydrogens is 321 g/mol. The summed E-state index contributed by atoms with van der Waals surface area (Å²) >= 11 is 0. The van der Waals surface area contributed by atoms with E-state index in [0.29, 0.717) is 11.9 Å². The van der Waals surface area contributed by atoms with E-state index < -0.39 is 5.82 Å². The van der Waals surface area contributed by atoms with Gasteiger partial charge in [0.25, 0.3) is 5.56 Å². The van der Waals surface area contributed by atoms with Gasteiger partial charge in [-0.25, -0.2) is 9.37 Å². The minimum Gasteiger partial charge on any atom is -0.340 e.